The molecule has 0 heterocycles. The first-order valence-electron chi connectivity index (χ1n) is 8.29. The molecule has 0 aromatic carbocycles. The highest BCUT2D eigenvalue weighted by Crippen LogP contribution is 2.34. The summed E-state index contributed by atoms with van der Waals surface area (Å²) in [5.74, 6) is 2.85. The van der Waals surface area contributed by atoms with Gasteiger partial charge in [0.25, 0.3) is 0 Å². The molecule has 3 aliphatic rings. The van der Waals surface area contributed by atoms with E-state index in [9.17, 15) is 0 Å². The summed E-state index contributed by atoms with van der Waals surface area (Å²) in [6.07, 6.45) is 12.8. The first kappa shape index (κ1) is 12.9. The zero-order valence-corrected chi connectivity index (χ0v) is 11.8. The van der Waals surface area contributed by atoms with Gasteiger partial charge in [-0.2, -0.15) is 0 Å². The zero-order chi connectivity index (χ0) is 12.4. The fourth-order valence-corrected chi connectivity index (χ4v) is 3.53. The Morgan fingerprint density at radius 2 is 1.33 bits per heavy atom. The van der Waals surface area contributed by atoms with Crippen molar-refractivity contribution in [1.82, 2.24) is 4.90 Å². The van der Waals surface area contributed by atoms with Crippen LogP contribution in [0.5, 0.6) is 0 Å². The lowest BCUT2D eigenvalue weighted by Gasteiger charge is -2.30. The van der Waals surface area contributed by atoms with Crippen LogP contribution < -0.4 is 5.73 Å². The Labute approximate surface area is 112 Å². The predicted molar refractivity (Wildman–Crippen MR) is 76.4 cm³/mol. The minimum Gasteiger partial charge on any atom is -0.327 e. The van der Waals surface area contributed by atoms with Crippen LogP contribution in [-0.4, -0.2) is 30.6 Å². The van der Waals surface area contributed by atoms with Gasteiger partial charge in [-0.05, 0) is 56.3 Å². The molecule has 0 aromatic rings. The van der Waals surface area contributed by atoms with Crippen molar-refractivity contribution in [2.75, 3.05) is 19.6 Å². The van der Waals surface area contributed by atoms with Crippen LogP contribution in [0.15, 0.2) is 0 Å². The van der Waals surface area contributed by atoms with E-state index >= 15 is 0 Å². The third-order valence-electron chi connectivity index (χ3n) is 5.14. The molecule has 2 nitrogen and oxygen atoms in total. The van der Waals surface area contributed by atoms with E-state index in [4.69, 9.17) is 5.73 Å². The lowest BCUT2D eigenvalue weighted by Crippen LogP contribution is -2.40. The third kappa shape index (κ3) is 3.96. The SMILES string of the molecule is NC1CCCCCC1CN(CC1CC1)CC1CC1. The number of nitrogens with zero attached hydrogens (tertiary/aromatic N) is 1. The standard InChI is InChI=1S/C16H30N2/c17-16-5-3-1-2-4-15(16)12-18(10-13-6-7-13)11-14-8-9-14/h13-16H,1-12,17H2. The average molecular weight is 250 g/mol. The lowest BCUT2D eigenvalue weighted by atomic mass is 9.94. The van der Waals surface area contributed by atoms with Gasteiger partial charge in [-0.3, -0.25) is 0 Å². The van der Waals surface area contributed by atoms with Crippen molar-refractivity contribution in [3.8, 4) is 0 Å². The van der Waals surface area contributed by atoms with Crippen LogP contribution >= 0.6 is 0 Å². The maximum atomic E-state index is 6.39. The largest absolute Gasteiger partial charge is 0.327 e. The summed E-state index contributed by atoms with van der Waals surface area (Å²) in [5, 5.41) is 0. The summed E-state index contributed by atoms with van der Waals surface area (Å²) in [6.45, 7) is 4.05. The van der Waals surface area contributed by atoms with E-state index in [1.54, 1.807) is 0 Å². The molecule has 3 aliphatic carbocycles. The number of hydrogen-bond acceptors (Lipinski definition) is 2. The lowest BCUT2D eigenvalue weighted by molar-refractivity contribution is 0.193. The molecule has 0 bridgehead atoms. The molecule has 0 saturated heterocycles. The van der Waals surface area contributed by atoms with E-state index in [1.165, 1.54) is 77.4 Å². The summed E-state index contributed by atoms with van der Waals surface area (Å²) in [7, 11) is 0. The van der Waals surface area contributed by atoms with Crippen molar-refractivity contribution in [3.05, 3.63) is 0 Å². The van der Waals surface area contributed by atoms with Crippen molar-refractivity contribution in [2.45, 2.75) is 63.8 Å². The van der Waals surface area contributed by atoms with Gasteiger partial charge < -0.3 is 10.6 Å². The van der Waals surface area contributed by atoms with E-state index in [-0.39, 0.29) is 0 Å². The number of nitrogens with two attached hydrogens (primary N) is 1. The highest BCUT2D eigenvalue weighted by Gasteiger charge is 2.31. The molecule has 2 heteroatoms. The Bertz CT molecular complexity index is 244. The highest BCUT2D eigenvalue weighted by atomic mass is 15.1. The van der Waals surface area contributed by atoms with Crippen molar-refractivity contribution in [2.24, 2.45) is 23.5 Å². The van der Waals surface area contributed by atoms with Gasteiger partial charge in [0.15, 0.2) is 0 Å². The fraction of sp³-hybridized carbons (Fsp3) is 1.00. The van der Waals surface area contributed by atoms with Gasteiger partial charge in [0, 0.05) is 25.7 Å². The molecule has 3 saturated carbocycles. The fourth-order valence-electron chi connectivity index (χ4n) is 3.53. The maximum absolute atomic E-state index is 6.39. The zero-order valence-electron chi connectivity index (χ0n) is 11.8. The van der Waals surface area contributed by atoms with Crippen LogP contribution in [0.3, 0.4) is 0 Å². The highest BCUT2D eigenvalue weighted by molar-refractivity contribution is 4.86. The van der Waals surface area contributed by atoms with E-state index in [1.807, 2.05) is 0 Å². The minimum atomic E-state index is 0.480. The Kier molecular flexibility index (Phi) is 4.25. The van der Waals surface area contributed by atoms with Gasteiger partial charge in [0.2, 0.25) is 0 Å². The Morgan fingerprint density at radius 3 is 1.94 bits per heavy atom. The van der Waals surface area contributed by atoms with E-state index in [2.05, 4.69) is 4.90 Å². The maximum Gasteiger partial charge on any atom is 0.00793 e. The normalized spacial score (nSPS) is 33.7. The quantitative estimate of drug-likeness (QED) is 0.734. The van der Waals surface area contributed by atoms with E-state index < -0.39 is 0 Å². The summed E-state index contributed by atoms with van der Waals surface area (Å²) < 4.78 is 0. The first-order chi connectivity index (χ1) is 8.81. The van der Waals surface area contributed by atoms with Gasteiger partial charge in [0.05, 0.1) is 0 Å². The van der Waals surface area contributed by atoms with Gasteiger partial charge in [-0.15, -0.1) is 0 Å². The predicted octanol–water partition coefficient (Wildman–Crippen LogP) is 3.02. The molecule has 2 N–H and O–H groups in total. The summed E-state index contributed by atoms with van der Waals surface area (Å²) in [6, 6.07) is 0.480. The second kappa shape index (κ2) is 5.92. The minimum absolute atomic E-state index is 0.480. The average Bonchev–Trinajstić information content (AvgIpc) is 3.17. The van der Waals surface area contributed by atoms with Gasteiger partial charge >= 0.3 is 0 Å². The molecule has 0 amide bonds. The smallest absolute Gasteiger partial charge is 0.00793 e. The monoisotopic (exact) mass is 250 g/mol. The van der Waals surface area contributed by atoms with Crippen molar-refractivity contribution >= 4 is 0 Å². The molecule has 104 valence electrons. The molecule has 2 unspecified atom stereocenters. The molecule has 18 heavy (non-hydrogen) atoms. The third-order valence-corrected chi connectivity index (χ3v) is 5.14. The molecule has 0 aliphatic heterocycles. The van der Waals surface area contributed by atoms with Crippen LogP contribution in [0.25, 0.3) is 0 Å². The molecular formula is C16H30N2. The second-order valence-electron chi connectivity index (χ2n) is 7.17. The Morgan fingerprint density at radius 1 is 0.722 bits per heavy atom. The van der Waals surface area contributed by atoms with Crippen LogP contribution in [0.2, 0.25) is 0 Å². The van der Waals surface area contributed by atoms with Crippen LogP contribution in [0.4, 0.5) is 0 Å². The van der Waals surface area contributed by atoms with Gasteiger partial charge in [0.1, 0.15) is 0 Å². The molecule has 2 atom stereocenters. The second-order valence-corrected chi connectivity index (χ2v) is 7.17. The van der Waals surface area contributed by atoms with Crippen LogP contribution in [-0.2, 0) is 0 Å². The molecule has 0 radical (unpaired) electrons. The van der Waals surface area contributed by atoms with E-state index in [0.29, 0.717) is 6.04 Å². The Balaban J connectivity index is 1.51. The number of rotatable bonds is 6. The molecular weight excluding hydrogens is 220 g/mol. The molecule has 0 spiro atoms. The summed E-state index contributed by atoms with van der Waals surface area (Å²) in [4.78, 5) is 2.78. The number of hydrogen-bond donors (Lipinski definition) is 1. The summed E-state index contributed by atoms with van der Waals surface area (Å²) >= 11 is 0. The summed E-state index contributed by atoms with van der Waals surface area (Å²) in [5.41, 5.74) is 6.39. The van der Waals surface area contributed by atoms with Crippen molar-refractivity contribution < 1.29 is 0 Å². The van der Waals surface area contributed by atoms with Gasteiger partial charge in [-0.25, -0.2) is 0 Å². The van der Waals surface area contributed by atoms with Crippen molar-refractivity contribution in [1.29, 1.82) is 0 Å². The van der Waals surface area contributed by atoms with Crippen LogP contribution in [0.1, 0.15) is 57.8 Å². The molecule has 3 rings (SSSR count). The molecule has 0 aromatic heterocycles. The van der Waals surface area contributed by atoms with E-state index in [0.717, 1.165) is 17.8 Å². The molecule has 3 fully saturated rings. The van der Waals surface area contributed by atoms with Crippen LogP contribution in [0, 0.1) is 17.8 Å². The first-order valence-corrected chi connectivity index (χ1v) is 8.29. The topological polar surface area (TPSA) is 29.3 Å². The van der Waals surface area contributed by atoms with Gasteiger partial charge in [-0.1, -0.05) is 19.3 Å². The Hall–Kier alpha value is -0.0800. The van der Waals surface area contributed by atoms with Crippen molar-refractivity contribution in [3.63, 3.8) is 0 Å².